The van der Waals surface area contributed by atoms with E-state index in [1.54, 1.807) is 0 Å². The van der Waals surface area contributed by atoms with Crippen LogP contribution in [0, 0.1) is 5.41 Å². The Morgan fingerprint density at radius 3 is 2.39 bits per heavy atom. The molecule has 3 rings (SSSR count). The number of rotatable bonds is 6. The second-order valence-corrected chi connectivity index (χ2v) is 10.0. The van der Waals surface area contributed by atoms with Gasteiger partial charge in [0.15, 0.2) is 0 Å². The molecule has 0 radical (unpaired) electrons. The normalized spacial score (nSPS) is 24.0. The minimum Gasteiger partial charge on any atom is -0.223 e. The molecule has 0 bridgehead atoms. The highest BCUT2D eigenvalue weighted by Crippen LogP contribution is 2.54. The lowest BCUT2D eigenvalue weighted by atomic mass is 9.53. The Bertz CT molecular complexity index is 833. The van der Waals surface area contributed by atoms with Crippen molar-refractivity contribution in [1.82, 2.24) is 4.98 Å². The summed E-state index contributed by atoms with van der Waals surface area (Å²) in [6.45, 7) is 16.6. The summed E-state index contributed by atoms with van der Waals surface area (Å²) < 4.78 is 2.47. The number of aromatic nitrogens is 2. The van der Waals surface area contributed by atoms with Crippen molar-refractivity contribution in [2.45, 2.75) is 97.9 Å². The second kappa shape index (κ2) is 7.61. The van der Waals surface area contributed by atoms with Crippen LogP contribution in [0.15, 0.2) is 36.8 Å². The molecule has 1 aromatic carbocycles. The van der Waals surface area contributed by atoms with Crippen LogP contribution in [0.4, 0.5) is 0 Å². The summed E-state index contributed by atoms with van der Waals surface area (Å²) in [5, 5.41) is 0. The molecule has 2 heteroatoms. The number of aryl methyl sites for hydroxylation is 1. The number of nitrogens with zero attached hydrogens (tertiary/aromatic N) is 2. The van der Waals surface area contributed by atoms with E-state index >= 15 is 0 Å². The number of benzene rings is 1. The summed E-state index contributed by atoms with van der Waals surface area (Å²) in [6, 6.07) is 9.49. The van der Waals surface area contributed by atoms with Gasteiger partial charge in [-0.1, -0.05) is 77.9 Å². The summed E-state index contributed by atoms with van der Waals surface area (Å²) in [7, 11) is 0. The average Bonchev–Trinajstić information content (AvgIpc) is 2.68. The van der Waals surface area contributed by atoms with Crippen molar-refractivity contribution in [1.29, 1.82) is 0 Å². The zero-order valence-electron chi connectivity index (χ0n) is 19.1. The van der Waals surface area contributed by atoms with E-state index in [4.69, 9.17) is 0 Å². The third-order valence-electron chi connectivity index (χ3n) is 7.76. The van der Waals surface area contributed by atoms with E-state index < -0.39 is 0 Å². The van der Waals surface area contributed by atoms with Crippen molar-refractivity contribution in [2.75, 3.05) is 0 Å². The van der Waals surface area contributed by atoms with Gasteiger partial charge in [0.25, 0.3) is 6.33 Å². The zero-order chi connectivity index (χ0) is 20.6. The van der Waals surface area contributed by atoms with Crippen LogP contribution in [-0.4, -0.2) is 4.98 Å². The van der Waals surface area contributed by atoms with E-state index in [2.05, 4.69) is 88.6 Å². The van der Waals surface area contributed by atoms with Crippen molar-refractivity contribution >= 4 is 0 Å². The Labute approximate surface area is 172 Å². The molecule has 2 atom stereocenters. The highest BCUT2D eigenvalue weighted by molar-refractivity contribution is 5.66. The first-order valence-corrected chi connectivity index (χ1v) is 11.2. The fourth-order valence-electron chi connectivity index (χ4n) is 5.38. The summed E-state index contributed by atoms with van der Waals surface area (Å²) in [4.78, 5) is 4.54. The highest BCUT2D eigenvalue weighted by Gasteiger charge is 2.60. The van der Waals surface area contributed by atoms with Gasteiger partial charge in [-0.15, -0.1) is 0 Å². The second-order valence-electron chi connectivity index (χ2n) is 10.0. The lowest BCUT2D eigenvalue weighted by Crippen LogP contribution is -2.73. The molecule has 2 nitrogen and oxygen atoms in total. The lowest BCUT2D eigenvalue weighted by Gasteiger charge is -2.55. The molecule has 0 N–H and O–H groups in total. The van der Waals surface area contributed by atoms with Crippen LogP contribution in [-0.2, 0) is 17.4 Å². The van der Waals surface area contributed by atoms with Crippen molar-refractivity contribution in [3.63, 3.8) is 0 Å². The standard InChI is InChI=1S/C26H39N2/c1-8-10-11-12-13-20-14-15-22-21(18-20)23-16-17-27-19-28(23)26(7,24(3,4)5)25(22,6)9-2/h14-19H,8-13H2,1-7H3/q+1/t25?,26-/m1/s1. The van der Waals surface area contributed by atoms with Crippen LogP contribution < -0.4 is 4.57 Å². The highest BCUT2D eigenvalue weighted by atomic mass is 15.1. The Morgan fingerprint density at radius 2 is 1.75 bits per heavy atom. The van der Waals surface area contributed by atoms with Gasteiger partial charge < -0.3 is 0 Å². The molecule has 1 unspecified atom stereocenters. The predicted octanol–water partition coefficient (Wildman–Crippen LogP) is 6.60. The largest absolute Gasteiger partial charge is 0.287 e. The van der Waals surface area contributed by atoms with E-state index in [0.29, 0.717) is 0 Å². The molecular formula is C26H39N2+. The summed E-state index contributed by atoms with van der Waals surface area (Å²) in [5.74, 6) is 0. The van der Waals surface area contributed by atoms with Crippen LogP contribution in [0.2, 0.25) is 0 Å². The lowest BCUT2D eigenvalue weighted by molar-refractivity contribution is -0.781. The molecule has 1 aliphatic heterocycles. The molecule has 0 aliphatic carbocycles. The topological polar surface area (TPSA) is 16.8 Å². The smallest absolute Gasteiger partial charge is 0.223 e. The molecule has 152 valence electrons. The monoisotopic (exact) mass is 379 g/mol. The van der Waals surface area contributed by atoms with E-state index in [1.165, 1.54) is 54.5 Å². The van der Waals surface area contributed by atoms with Crippen molar-refractivity contribution in [2.24, 2.45) is 5.41 Å². The fraction of sp³-hybridized carbons (Fsp3) is 0.615. The molecule has 28 heavy (non-hydrogen) atoms. The van der Waals surface area contributed by atoms with Crippen LogP contribution in [0.5, 0.6) is 0 Å². The third-order valence-corrected chi connectivity index (χ3v) is 7.76. The van der Waals surface area contributed by atoms with Gasteiger partial charge >= 0.3 is 0 Å². The van der Waals surface area contributed by atoms with Crippen molar-refractivity contribution < 1.29 is 4.57 Å². The van der Waals surface area contributed by atoms with E-state index in [0.717, 1.165) is 6.42 Å². The molecular weight excluding hydrogens is 340 g/mol. The fourth-order valence-corrected chi connectivity index (χ4v) is 5.38. The SMILES string of the molecule is CCCCCCc1ccc2c(c1)-c1ccnc[n+]1[C@](C)(C(C)(C)C)C2(C)CC. The summed E-state index contributed by atoms with van der Waals surface area (Å²) in [6.07, 6.45) is 11.5. The Kier molecular flexibility index (Phi) is 5.71. The Balaban J connectivity index is 2.16. The van der Waals surface area contributed by atoms with Gasteiger partial charge in [-0.2, -0.15) is 0 Å². The predicted molar refractivity (Wildman–Crippen MR) is 118 cm³/mol. The van der Waals surface area contributed by atoms with Gasteiger partial charge in [-0.3, -0.25) is 0 Å². The van der Waals surface area contributed by atoms with Crippen LogP contribution in [0.25, 0.3) is 11.3 Å². The molecule has 0 saturated heterocycles. The molecule has 2 aromatic rings. The molecule has 0 spiro atoms. The number of hydrogen-bond donors (Lipinski definition) is 0. The molecule has 1 aromatic heterocycles. The van der Waals surface area contributed by atoms with Crippen LogP contribution >= 0.6 is 0 Å². The first-order valence-electron chi connectivity index (χ1n) is 11.2. The third kappa shape index (κ3) is 3.09. The van der Waals surface area contributed by atoms with Gasteiger partial charge in [-0.05, 0) is 43.4 Å². The minimum absolute atomic E-state index is 0.0437. The van der Waals surface area contributed by atoms with E-state index in [-0.39, 0.29) is 16.4 Å². The number of fused-ring (bicyclic) bond motifs is 3. The maximum atomic E-state index is 4.54. The summed E-state index contributed by atoms with van der Waals surface area (Å²) >= 11 is 0. The first kappa shape index (κ1) is 21.0. The maximum absolute atomic E-state index is 4.54. The molecule has 0 amide bonds. The molecule has 1 aliphatic rings. The first-order chi connectivity index (χ1) is 13.2. The number of hydrogen-bond acceptors (Lipinski definition) is 1. The van der Waals surface area contributed by atoms with Crippen molar-refractivity contribution in [3.8, 4) is 11.3 Å². The Hall–Kier alpha value is -1.70. The molecule has 0 saturated carbocycles. The van der Waals surface area contributed by atoms with Crippen LogP contribution in [0.1, 0.15) is 91.7 Å². The number of unbranched alkanes of at least 4 members (excludes halogenated alkanes) is 3. The maximum Gasteiger partial charge on any atom is 0.287 e. The quantitative estimate of drug-likeness (QED) is 0.408. The van der Waals surface area contributed by atoms with E-state index in [9.17, 15) is 0 Å². The van der Waals surface area contributed by atoms with Gasteiger partial charge in [0.2, 0.25) is 0 Å². The Morgan fingerprint density at radius 1 is 1.00 bits per heavy atom. The van der Waals surface area contributed by atoms with Crippen LogP contribution in [0.3, 0.4) is 0 Å². The minimum atomic E-state index is -0.0615. The van der Waals surface area contributed by atoms with Gasteiger partial charge in [0, 0.05) is 22.5 Å². The summed E-state index contributed by atoms with van der Waals surface area (Å²) in [5.41, 5.74) is 5.75. The van der Waals surface area contributed by atoms with Crippen molar-refractivity contribution in [3.05, 3.63) is 47.9 Å². The van der Waals surface area contributed by atoms with Gasteiger partial charge in [-0.25, -0.2) is 4.57 Å². The zero-order valence-corrected chi connectivity index (χ0v) is 19.1. The molecule has 0 fully saturated rings. The van der Waals surface area contributed by atoms with E-state index in [1.807, 2.05) is 6.20 Å². The van der Waals surface area contributed by atoms with Gasteiger partial charge in [0.1, 0.15) is 17.4 Å². The van der Waals surface area contributed by atoms with Gasteiger partial charge in [0.05, 0.1) is 0 Å². The average molecular weight is 380 g/mol. The molecule has 2 heterocycles.